The molecule has 3 rings (SSSR count). The molecule has 1 saturated carbocycles. The Morgan fingerprint density at radius 2 is 1.78 bits per heavy atom. The Hall–Kier alpha value is -1.96. The summed E-state index contributed by atoms with van der Waals surface area (Å²) in [7, 11) is 0. The molecule has 7 nitrogen and oxygen atoms in total. The second kappa shape index (κ2) is 11.2. The molecule has 0 spiro atoms. The first-order valence-electron chi connectivity index (χ1n) is 12.5. The van der Waals surface area contributed by atoms with Crippen LogP contribution < -0.4 is 0 Å². The first-order valence-corrected chi connectivity index (χ1v) is 13.3. The lowest BCUT2D eigenvalue weighted by molar-refractivity contribution is -0.119. The second-order valence-corrected chi connectivity index (χ2v) is 12.6. The molecule has 0 saturated heterocycles. The number of carbonyl (C=O) groups excluding carboxylic acids is 2. The van der Waals surface area contributed by atoms with Crippen LogP contribution in [0.1, 0.15) is 100 Å². The first kappa shape index (κ1) is 28.6. The van der Waals surface area contributed by atoms with Crippen LogP contribution >= 0.6 is 23.2 Å². The third kappa shape index (κ3) is 6.87. The van der Waals surface area contributed by atoms with Crippen LogP contribution in [0.2, 0.25) is 10.0 Å². The maximum Gasteiger partial charge on any atom is 0.257 e. The van der Waals surface area contributed by atoms with E-state index in [4.69, 9.17) is 23.2 Å². The molecule has 1 N–H and O–H groups in total. The van der Waals surface area contributed by atoms with Crippen molar-refractivity contribution in [1.29, 1.82) is 0 Å². The van der Waals surface area contributed by atoms with Crippen molar-refractivity contribution < 1.29 is 14.7 Å². The summed E-state index contributed by atoms with van der Waals surface area (Å²) in [6.45, 7) is 12.4. The third-order valence-electron chi connectivity index (χ3n) is 7.03. The van der Waals surface area contributed by atoms with Crippen molar-refractivity contribution in [2.75, 3.05) is 13.1 Å². The number of amides is 1. The van der Waals surface area contributed by atoms with Gasteiger partial charge in [-0.3, -0.25) is 14.5 Å². The van der Waals surface area contributed by atoms with Crippen LogP contribution in [0.4, 0.5) is 0 Å². The van der Waals surface area contributed by atoms with Crippen LogP contribution in [0.5, 0.6) is 0 Å². The summed E-state index contributed by atoms with van der Waals surface area (Å²) in [5.41, 5.74) is 1.54. The van der Waals surface area contributed by atoms with Crippen LogP contribution in [0, 0.1) is 17.8 Å². The van der Waals surface area contributed by atoms with Crippen molar-refractivity contribution in [1.82, 2.24) is 19.7 Å². The highest BCUT2D eigenvalue weighted by Crippen LogP contribution is 2.43. The van der Waals surface area contributed by atoms with Gasteiger partial charge < -0.3 is 14.8 Å². The molecule has 2 aromatic rings. The highest BCUT2D eigenvalue weighted by Gasteiger charge is 2.35. The zero-order valence-electron chi connectivity index (χ0n) is 22.1. The quantitative estimate of drug-likeness (QED) is 0.432. The number of carbonyl (C=O) groups is 2. The van der Waals surface area contributed by atoms with Crippen molar-refractivity contribution in [2.45, 2.75) is 85.8 Å². The summed E-state index contributed by atoms with van der Waals surface area (Å²) in [4.78, 5) is 31.0. The molecule has 1 unspecified atom stereocenters. The topological polar surface area (TPSA) is 88.3 Å². The van der Waals surface area contributed by atoms with Crippen molar-refractivity contribution in [3.63, 3.8) is 0 Å². The van der Waals surface area contributed by atoms with E-state index in [0.29, 0.717) is 24.1 Å². The molecule has 0 radical (unpaired) electrons. The van der Waals surface area contributed by atoms with Gasteiger partial charge in [0.15, 0.2) is 0 Å². The summed E-state index contributed by atoms with van der Waals surface area (Å²) >= 11 is 12.5. The molecule has 2 heterocycles. The van der Waals surface area contributed by atoms with E-state index in [-0.39, 0.29) is 45.2 Å². The molecule has 1 aliphatic carbocycles. The van der Waals surface area contributed by atoms with Gasteiger partial charge in [-0.25, -0.2) is 0 Å². The monoisotopic (exact) mass is 536 g/mol. The maximum atomic E-state index is 13.7. The zero-order valence-corrected chi connectivity index (χ0v) is 23.7. The minimum Gasteiger partial charge on any atom is -0.386 e. The van der Waals surface area contributed by atoms with Gasteiger partial charge in [0.05, 0.1) is 40.5 Å². The van der Waals surface area contributed by atoms with Gasteiger partial charge in [-0.2, -0.15) is 5.10 Å². The van der Waals surface area contributed by atoms with Crippen LogP contribution in [0.25, 0.3) is 0 Å². The predicted octanol–water partition coefficient (Wildman–Crippen LogP) is 6.22. The maximum absolute atomic E-state index is 13.7. The Kier molecular flexibility index (Phi) is 8.90. The number of ketones is 1. The number of aromatic nitrogens is 3. The number of Topliss-reactive ketones (excluding diaryl/α,β-unsaturated/α-hetero) is 1. The van der Waals surface area contributed by atoms with Crippen molar-refractivity contribution in [3.8, 4) is 0 Å². The standard InChI is InChI=1S/C27H38Cl2N4O3/c1-17(34)11-27(6)9-7-19(8-10-27)33-18(2)20(12-31-33)25(36)32(16-26(3,4)5)15-23(35)24-21(28)13-30-14-22(24)29/h12-14,19,23,35H,7-11,15-16H2,1-6H3. The van der Waals surface area contributed by atoms with Crippen LogP contribution in [0.3, 0.4) is 0 Å². The molecule has 2 aromatic heterocycles. The van der Waals surface area contributed by atoms with Gasteiger partial charge in [0, 0.05) is 36.6 Å². The van der Waals surface area contributed by atoms with Gasteiger partial charge in [-0.05, 0) is 50.4 Å². The predicted molar refractivity (Wildman–Crippen MR) is 142 cm³/mol. The Labute approximate surface area is 224 Å². The number of aliphatic hydroxyl groups excluding tert-OH is 1. The zero-order chi connectivity index (χ0) is 26.8. The number of rotatable bonds is 8. The summed E-state index contributed by atoms with van der Waals surface area (Å²) in [5, 5.41) is 16.1. The van der Waals surface area contributed by atoms with Crippen molar-refractivity contribution >= 4 is 34.9 Å². The summed E-state index contributed by atoms with van der Waals surface area (Å²) in [5.74, 6) is 0.0424. The Balaban J connectivity index is 1.81. The van der Waals surface area contributed by atoms with E-state index in [1.807, 2.05) is 32.4 Å². The minimum absolute atomic E-state index is 0.0387. The summed E-state index contributed by atoms with van der Waals surface area (Å²) < 4.78 is 1.96. The van der Waals surface area contributed by atoms with Gasteiger partial charge in [-0.15, -0.1) is 0 Å². The van der Waals surface area contributed by atoms with E-state index in [1.54, 1.807) is 18.0 Å². The molecule has 0 bridgehead atoms. The van der Waals surface area contributed by atoms with Crippen molar-refractivity contribution in [2.24, 2.45) is 10.8 Å². The number of pyridine rings is 1. The molecular formula is C27H38Cl2N4O3. The molecule has 1 amide bonds. The van der Waals surface area contributed by atoms with Crippen LogP contribution in [0.15, 0.2) is 18.6 Å². The number of hydrogen-bond donors (Lipinski definition) is 1. The van der Waals surface area contributed by atoms with Crippen LogP contribution in [-0.4, -0.2) is 49.6 Å². The van der Waals surface area contributed by atoms with E-state index >= 15 is 0 Å². The SMILES string of the molecule is CC(=O)CC1(C)CCC(n2ncc(C(=O)N(CC(O)c3c(Cl)cncc3Cl)CC(C)(C)C)c2C)CC1. The van der Waals surface area contributed by atoms with Crippen molar-refractivity contribution in [3.05, 3.63) is 45.5 Å². The normalized spacial score (nSPS) is 21.3. The number of aliphatic hydroxyl groups is 1. The Bertz CT molecular complexity index is 1080. The highest BCUT2D eigenvalue weighted by atomic mass is 35.5. The molecule has 0 aliphatic heterocycles. The van der Waals surface area contributed by atoms with E-state index < -0.39 is 6.10 Å². The largest absolute Gasteiger partial charge is 0.386 e. The first-order chi connectivity index (χ1) is 16.7. The van der Waals surface area contributed by atoms with E-state index in [2.05, 4.69) is 17.0 Å². The number of hydrogen-bond acceptors (Lipinski definition) is 5. The lowest BCUT2D eigenvalue weighted by Crippen LogP contribution is -2.40. The van der Waals surface area contributed by atoms with Gasteiger partial charge in [0.2, 0.25) is 0 Å². The molecular weight excluding hydrogens is 499 g/mol. The summed E-state index contributed by atoms with van der Waals surface area (Å²) in [6, 6.07) is 0.197. The molecule has 1 atom stereocenters. The Morgan fingerprint density at radius 1 is 1.19 bits per heavy atom. The molecule has 36 heavy (non-hydrogen) atoms. The smallest absolute Gasteiger partial charge is 0.257 e. The fraction of sp³-hybridized carbons (Fsp3) is 0.630. The van der Waals surface area contributed by atoms with E-state index in [9.17, 15) is 14.7 Å². The average molecular weight is 538 g/mol. The number of nitrogens with zero attached hydrogens (tertiary/aromatic N) is 4. The average Bonchev–Trinajstić information content (AvgIpc) is 3.12. The number of halogens is 2. The second-order valence-electron chi connectivity index (χ2n) is 11.8. The molecule has 198 valence electrons. The van der Waals surface area contributed by atoms with Gasteiger partial charge >= 0.3 is 0 Å². The minimum atomic E-state index is -1.06. The lowest BCUT2D eigenvalue weighted by Gasteiger charge is -2.37. The van der Waals surface area contributed by atoms with Gasteiger partial charge in [-0.1, -0.05) is 50.9 Å². The van der Waals surface area contributed by atoms with Crippen LogP contribution in [-0.2, 0) is 4.79 Å². The molecule has 9 heteroatoms. The molecule has 1 aliphatic rings. The van der Waals surface area contributed by atoms with Gasteiger partial charge in [0.25, 0.3) is 5.91 Å². The highest BCUT2D eigenvalue weighted by molar-refractivity contribution is 6.35. The van der Waals surface area contributed by atoms with E-state index in [0.717, 1.165) is 31.4 Å². The molecule has 1 fully saturated rings. The van der Waals surface area contributed by atoms with E-state index in [1.165, 1.54) is 12.4 Å². The fourth-order valence-electron chi connectivity index (χ4n) is 5.33. The fourth-order valence-corrected chi connectivity index (χ4v) is 5.94. The molecule has 0 aromatic carbocycles. The van der Waals surface area contributed by atoms with Gasteiger partial charge in [0.1, 0.15) is 5.78 Å². The third-order valence-corrected chi connectivity index (χ3v) is 7.63. The summed E-state index contributed by atoms with van der Waals surface area (Å²) in [6.07, 6.45) is 7.79. The Morgan fingerprint density at radius 3 is 2.31 bits per heavy atom. The lowest BCUT2D eigenvalue weighted by atomic mass is 9.71.